The quantitative estimate of drug-likeness (QED) is 0.828. The average Bonchev–Trinajstić information content (AvgIpc) is 3.01. The number of nitrogens with zero attached hydrogens (tertiary/aromatic N) is 5. The highest BCUT2D eigenvalue weighted by Crippen LogP contribution is 2.31. The molecule has 0 bridgehead atoms. The molecule has 2 atom stereocenters. The molecular formula is C16H21N5O2. The first-order chi connectivity index (χ1) is 11.2. The van der Waals surface area contributed by atoms with E-state index in [1.54, 1.807) is 0 Å². The highest BCUT2D eigenvalue weighted by molar-refractivity contribution is 5.69. The summed E-state index contributed by atoms with van der Waals surface area (Å²) in [6, 6.07) is 4.29. The molecule has 2 aliphatic heterocycles. The van der Waals surface area contributed by atoms with Gasteiger partial charge in [-0.15, -0.1) is 0 Å². The van der Waals surface area contributed by atoms with Gasteiger partial charge in [0.2, 0.25) is 0 Å². The molecule has 7 heteroatoms. The summed E-state index contributed by atoms with van der Waals surface area (Å²) >= 11 is 0. The van der Waals surface area contributed by atoms with Crippen LogP contribution < -0.4 is 4.90 Å². The summed E-state index contributed by atoms with van der Waals surface area (Å²) in [5.41, 5.74) is 0.894. The Morgan fingerprint density at radius 1 is 1.30 bits per heavy atom. The lowest BCUT2D eigenvalue weighted by molar-refractivity contribution is -0.0687. The van der Waals surface area contributed by atoms with Gasteiger partial charge in [-0.05, 0) is 32.5 Å². The molecule has 2 aliphatic rings. The summed E-state index contributed by atoms with van der Waals surface area (Å²) in [6.45, 7) is 5.45. The van der Waals surface area contributed by atoms with Crippen LogP contribution in [0.25, 0.3) is 11.5 Å². The van der Waals surface area contributed by atoms with Crippen molar-refractivity contribution in [3.05, 3.63) is 24.2 Å². The van der Waals surface area contributed by atoms with Crippen LogP contribution in [0.5, 0.6) is 0 Å². The monoisotopic (exact) mass is 315 g/mol. The molecule has 122 valence electrons. The Morgan fingerprint density at radius 3 is 3.04 bits per heavy atom. The second-order valence-corrected chi connectivity index (χ2v) is 6.21. The van der Waals surface area contributed by atoms with Crippen molar-refractivity contribution in [2.45, 2.75) is 25.5 Å². The number of pyridine rings is 1. The van der Waals surface area contributed by atoms with Crippen molar-refractivity contribution in [2.24, 2.45) is 0 Å². The smallest absolute Gasteiger partial charge is 0.261 e. The number of rotatable bonds is 2. The molecule has 0 radical (unpaired) electrons. The second-order valence-electron chi connectivity index (χ2n) is 6.21. The lowest BCUT2D eigenvalue weighted by Crippen LogP contribution is -2.59. The molecule has 7 nitrogen and oxygen atoms in total. The number of anilines is 1. The van der Waals surface area contributed by atoms with Crippen LogP contribution in [0.3, 0.4) is 0 Å². The molecule has 2 saturated heterocycles. The predicted octanol–water partition coefficient (Wildman–Crippen LogP) is 1.35. The van der Waals surface area contributed by atoms with Crippen LogP contribution in [-0.2, 0) is 4.74 Å². The van der Waals surface area contributed by atoms with E-state index in [4.69, 9.17) is 9.26 Å². The minimum atomic E-state index is 0.322. The van der Waals surface area contributed by atoms with E-state index < -0.39 is 0 Å². The van der Waals surface area contributed by atoms with E-state index in [1.807, 2.05) is 25.3 Å². The number of aromatic nitrogens is 3. The standard InChI is InChI=1S/C16H21N5O2/c1-11-18-16(23-19-11)12-4-3-6-17-15(12)21-7-5-14-13(10-21)20(2)8-9-22-14/h3-4,6,13-14H,5,7-10H2,1-2H3/t13-,14-/m1/s1. The SMILES string of the molecule is Cc1noc(-c2cccnc2N2CC[C@H]3OCCN(C)[C@@H]3C2)n1. The fraction of sp³-hybridized carbons (Fsp3) is 0.562. The maximum Gasteiger partial charge on any atom is 0.261 e. The van der Waals surface area contributed by atoms with Crippen molar-refractivity contribution >= 4 is 5.82 Å². The van der Waals surface area contributed by atoms with Crippen LogP contribution in [0.2, 0.25) is 0 Å². The number of likely N-dealkylation sites (N-methyl/N-ethyl adjacent to an activating group) is 1. The van der Waals surface area contributed by atoms with Crippen molar-refractivity contribution in [1.29, 1.82) is 0 Å². The molecule has 0 spiro atoms. The van der Waals surface area contributed by atoms with E-state index in [0.717, 1.165) is 44.0 Å². The van der Waals surface area contributed by atoms with Gasteiger partial charge in [-0.3, -0.25) is 4.90 Å². The molecule has 2 aromatic heterocycles. The van der Waals surface area contributed by atoms with Gasteiger partial charge in [0, 0.05) is 25.8 Å². The molecule has 4 heterocycles. The molecule has 0 saturated carbocycles. The third kappa shape index (κ3) is 2.70. The zero-order chi connectivity index (χ0) is 15.8. The van der Waals surface area contributed by atoms with E-state index >= 15 is 0 Å². The fourth-order valence-electron chi connectivity index (χ4n) is 3.46. The van der Waals surface area contributed by atoms with E-state index in [0.29, 0.717) is 23.9 Å². The highest BCUT2D eigenvalue weighted by atomic mass is 16.5. The summed E-state index contributed by atoms with van der Waals surface area (Å²) in [7, 11) is 2.17. The Kier molecular flexibility index (Phi) is 3.74. The minimum Gasteiger partial charge on any atom is -0.375 e. The van der Waals surface area contributed by atoms with E-state index in [1.165, 1.54) is 0 Å². The lowest BCUT2D eigenvalue weighted by Gasteiger charge is -2.46. The van der Waals surface area contributed by atoms with Gasteiger partial charge in [0.05, 0.1) is 24.3 Å². The van der Waals surface area contributed by atoms with Gasteiger partial charge in [0.15, 0.2) is 5.82 Å². The van der Waals surface area contributed by atoms with E-state index in [9.17, 15) is 0 Å². The third-order valence-corrected chi connectivity index (χ3v) is 4.71. The summed E-state index contributed by atoms with van der Waals surface area (Å²) in [5.74, 6) is 2.07. The molecule has 2 fully saturated rings. The van der Waals surface area contributed by atoms with Gasteiger partial charge in [-0.2, -0.15) is 4.98 Å². The van der Waals surface area contributed by atoms with Crippen molar-refractivity contribution in [2.75, 3.05) is 38.2 Å². The van der Waals surface area contributed by atoms with Crippen molar-refractivity contribution < 1.29 is 9.26 Å². The molecule has 0 amide bonds. The zero-order valence-electron chi connectivity index (χ0n) is 13.5. The topological polar surface area (TPSA) is 67.5 Å². The minimum absolute atomic E-state index is 0.322. The van der Waals surface area contributed by atoms with Gasteiger partial charge in [0.1, 0.15) is 5.82 Å². The van der Waals surface area contributed by atoms with Crippen LogP contribution in [0, 0.1) is 6.92 Å². The number of piperidine rings is 1. The molecule has 0 aromatic carbocycles. The maximum atomic E-state index is 5.93. The Bertz CT molecular complexity index is 689. The number of ether oxygens (including phenoxy) is 1. The summed E-state index contributed by atoms with van der Waals surface area (Å²) in [6.07, 6.45) is 3.14. The Balaban J connectivity index is 1.63. The molecule has 0 aliphatic carbocycles. The highest BCUT2D eigenvalue weighted by Gasteiger charge is 2.36. The maximum absolute atomic E-state index is 5.93. The van der Waals surface area contributed by atoms with Gasteiger partial charge >= 0.3 is 0 Å². The summed E-state index contributed by atoms with van der Waals surface area (Å²) in [4.78, 5) is 13.6. The zero-order valence-corrected chi connectivity index (χ0v) is 13.5. The van der Waals surface area contributed by atoms with Gasteiger partial charge in [-0.25, -0.2) is 4.98 Å². The second kappa shape index (κ2) is 5.90. The van der Waals surface area contributed by atoms with Gasteiger partial charge in [0.25, 0.3) is 5.89 Å². The van der Waals surface area contributed by atoms with Crippen LogP contribution >= 0.6 is 0 Å². The molecule has 0 unspecified atom stereocenters. The Morgan fingerprint density at radius 2 is 2.22 bits per heavy atom. The number of fused-ring (bicyclic) bond motifs is 1. The predicted molar refractivity (Wildman–Crippen MR) is 85.3 cm³/mol. The van der Waals surface area contributed by atoms with Crippen molar-refractivity contribution in [1.82, 2.24) is 20.0 Å². The molecule has 4 rings (SSSR count). The number of aryl methyl sites for hydroxylation is 1. The first kappa shape index (κ1) is 14.6. The van der Waals surface area contributed by atoms with Crippen molar-refractivity contribution in [3.8, 4) is 11.5 Å². The number of hydrogen-bond donors (Lipinski definition) is 0. The largest absolute Gasteiger partial charge is 0.375 e. The van der Waals surface area contributed by atoms with Gasteiger partial charge < -0.3 is 14.2 Å². The molecular weight excluding hydrogens is 294 g/mol. The summed E-state index contributed by atoms with van der Waals surface area (Å²) < 4.78 is 11.3. The Labute approximate surface area is 135 Å². The Hall–Kier alpha value is -1.99. The molecule has 2 aromatic rings. The van der Waals surface area contributed by atoms with Crippen LogP contribution in [0.1, 0.15) is 12.2 Å². The lowest BCUT2D eigenvalue weighted by atomic mass is 9.99. The van der Waals surface area contributed by atoms with Crippen LogP contribution in [0.4, 0.5) is 5.82 Å². The first-order valence-electron chi connectivity index (χ1n) is 8.05. The number of morpholine rings is 1. The van der Waals surface area contributed by atoms with E-state index in [2.05, 4.69) is 32.0 Å². The van der Waals surface area contributed by atoms with E-state index in [-0.39, 0.29) is 0 Å². The summed E-state index contributed by atoms with van der Waals surface area (Å²) in [5, 5.41) is 3.90. The normalized spacial score (nSPS) is 25.4. The third-order valence-electron chi connectivity index (χ3n) is 4.71. The molecule has 0 N–H and O–H groups in total. The first-order valence-corrected chi connectivity index (χ1v) is 8.05. The number of hydrogen-bond acceptors (Lipinski definition) is 7. The van der Waals surface area contributed by atoms with Gasteiger partial charge in [-0.1, -0.05) is 5.16 Å². The fourth-order valence-corrected chi connectivity index (χ4v) is 3.46. The van der Waals surface area contributed by atoms with Crippen molar-refractivity contribution in [3.63, 3.8) is 0 Å². The average molecular weight is 315 g/mol. The van der Waals surface area contributed by atoms with Crippen LogP contribution in [-0.4, -0.2) is 65.5 Å². The van der Waals surface area contributed by atoms with Crippen LogP contribution in [0.15, 0.2) is 22.9 Å². The molecule has 23 heavy (non-hydrogen) atoms.